The summed E-state index contributed by atoms with van der Waals surface area (Å²) in [5.41, 5.74) is 0. The topological polar surface area (TPSA) is 58.9 Å². The number of hydrogen-bond donors (Lipinski definition) is 1. The van der Waals surface area contributed by atoms with Crippen LogP contribution < -0.4 is 5.32 Å². The van der Waals surface area contributed by atoms with Gasteiger partial charge in [0.15, 0.2) is 5.82 Å². The minimum atomic E-state index is 0.645. The molecule has 16 heavy (non-hydrogen) atoms. The lowest BCUT2D eigenvalue weighted by Gasteiger charge is -2.36. The zero-order valence-corrected chi connectivity index (χ0v) is 10.2. The Morgan fingerprint density at radius 3 is 2.88 bits per heavy atom. The summed E-state index contributed by atoms with van der Waals surface area (Å²) in [6.07, 6.45) is 1.19. The van der Waals surface area contributed by atoms with Crippen LogP contribution in [-0.2, 0) is 13.6 Å². The van der Waals surface area contributed by atoms with Gasteiger partial charge in [0.25, 0.3) is 0 Å². The van der Waals surface area contributed by atoms with Crippen LogP contribution in [0.4, 0.5) is 0 Å². The quantitative estimate of drug-likeness (QED) is 0.760. The molecular weight excluding hydrogens is 204 g/mol. The summed E-state index contributed by atoms with van der Waals surface area (Å²) in [5, 5.41) is 15.4. The van der Waals surface area contributed by atoms with E-state index in [0.29, 0.717) is 12.0 Å². The van der Waals surface area contributed by atoms with Gasteiger partial charge < -0.3 is 5.32 Å². The monoisotopic (exact) mass is 224 g/mol. The van der Waals surface area contributed by atoms with Gasteiger partial charge in [-0.15, -0.1) is 10.2 Å². The molecule has 1 aliphatic heterocycles. The molecule has 0 aliphatic carbocycles. The fourth-order valence-electron chi connectivity index (χ4n) is 2.39. The van der Waals surface area contributed by atoms with Crippen molar-refractivity contribution in [2.24, 2.45) is 13.0 Å². The van der Waals surface area contributed by atoms with Crippen LogP contribution in [0, 0.1) is 5.92 Å². The molecule has 0 radical (unpaired) electrons. The Morgan fingerprint density at radius 2 is 2.31 bits per heavy atom. The molecule has 1 aromatic heterocycles. The molecule has 90 valence electrons. The van der Waals surface area contributed by atoms with E-state index in [9.17, 15) is 0 Å². The molecule has 2 atom stereocenters. The maximum absolute atomic E-state index is 4.21. The summed E-state index contributed by atoms with van der Waals surface area (Å²) in [6, 6.07) is 0.645. The largest absolute Gasteiger partial charge is 0.317 e. The lowest BCUT2D eigenvalue weighted by molar-refractivity contribution is 0.142. The number of likely N-dealkylation sites (tertiary alicyclic amines) is 1. The van der Waals surface area contributed by atoms with Gasteiger partial charge >= 0.3 is 0 Å². The van der Waals surface area contributed by atoms with E-state index in [1.807, 2.05) is 7.05 Å². The van der Waals surface area contributed by atoms with Crippen LogP contribution in [0.3, 0.4) is 0 Å². The normalized spacial score (nSPS) is 27.2. The third kappa shape index (κ3) is 2.56. The number of rotatable bonds is 3. The van der Waals surface area contributed by atoms with Crippen LogP contribution in [-0.4, -0.2) is 51.3 Å². The van der Waals surface area contributed by atoms with Gasteiger partial charge in [-0.1, -0.05) is 6.92 Å². The van der Waals surface area contributed by atoms with Crippen LogP contribution in [0.15, 0.2) is 0 Å². The van der Waals surface area contributed by atoms with Gasteiger partial charge in [-0.2, -0.15) is 4.80 Å². The fourth-order valence-corrected chi connectivity index (χ4v) is 2.39. The predicted molar refractivity (Wildman–Crippen MR) is 60.7 cm³/mol. The number of piperidine rings is 1. The highest BCUT2D eigenvalue weighted by molar-refractivity contribution is 4.85. The molecule has 1 aromatic rings. The van der Waals surface area contributed by atoms with Crippen LogP contribution in [0.5, 0.6) is 0 Å². The van der Waals surface area contributed by atoms with E-state index in [1.54, 1.807) is 7.05 Å². The highest BCUT2D eigenvalue weighted by atomic mass is 15.6. The average molecular weight is 224 g/mol. The van der Waals surface area contributed by atoms with Crippen molar-refractivity contribution in [3.63, 3.8) is 0 Å². The van der Waals surface area contributed by atoms with Gasteiger partial charge in [0.05, 0.1) is 13.6 Å². The molecule has 2 unspecified atom stereocenters. The summed E-state index contributed by atoms with van der Waals surface area (Å²) in [5.74, 6) is 1.49. The van der Waals surface area contributed by atoms with Crippen molar-refractivity contribution in [2.45, 2.75) is 25.9 Å². The minimum Gasteiger partial charge on any atom is -0.317 e. The number of tetrazole rings is 1. The summed E-state index contributed by atoms with van der Waals surface area (Å²) < 4.78 is 0. The molecule has 6 heteroatoms. The lowest BCUT2D eigenvalue weighted by Crippen LogP contribution is -2.46. The first-order valence-electron chi connectivity index (χ1n) is 5.81. The molecule has 0 spiro atoms. The van der Waals surface area contributed by atoms with E-state index in [1.165, 1.54) is 11.2 Å². The zero-order chi connectivity index (χ0) is 11.5. The SMILES string of the molecule is CNC1CCN(Cc2nnn(C)n2)CC1C. The third-order valence-electron chi connectivity index (χ3n) is 3.27. The van der Waals surface area contributed by atoms with Crippen molar-refractivity contribution in [2.75, 3.05) is 20.1 Å². The highest BCUT2D eigenvalue weighted by Crippen LogP contribution is 2.17. The van der Waals surface area contributed by atoms with Gasteiger partial charge in [-0.3, -0.25) is 4.90 Å². The Kier molecular flexibility index (Phi) is 3.50. The van der Waals surface area contributed by atoms with Crippen LogP contribution in [0.2, 0.25) is 0 Å². The highest BCUT2D eigenvalue weighted by Gasteiger charge is 2.25. The number of nitrogens with one attached hydrogen (secondary N) is 1. The molecule has 1 fully saturated rings. The summed E-state index contributed by atoms with van der Waals surface area (Å²) in [7, 11) is 3.84. The molecule has 1 aliphatic rings. The van der Waals surface area contributed by atoms with Crippen LogP contribution in [0.25, 0.3) is 0 Å². The molecule has 2 rings (SSSR count). The second-order valence-corrected chi connectivity index (χ2v) is 4.59. The minimum absolute atomic E-state index is 0.645. The number of nitrogens with zero attached hydrogens (tertiary/aromatic N) is 5. The maximum atomic E-state index is 4.21. The smallest absolute Gasteiger partial charge is 0.188 e. The summed E-state index contributed by atoms with van der Waals surface area (Å²) >= 11 is 0. The molecule has 0 aromatic carbocycles. The Hall–Kier alpha value is -1.01. The maximum Gasteiger partial charge on any atom is 0.188 e. The zero-order valence-electron chi connectivity index (χ0n) is 10.2. The number of aromatic nitrogens is 4. The van der Waals surface area contributed by atoms with Crippen molar-refractivity contribution in [1.29, 1.82) is 0 Å². The average Bonchev–Trinajstić information content (AvgIpc) is 2.64. The van der Waals surface area contributed by atoms with E-state index in [0.717, 1.165) is 25.5 Å². The van der Waals surface area contributed by atoms with Gasteiger partial charge in [0, 0.05) is 19.1 Å². The molecule has 0 saturated carbocycles. The molecule has 1 N–H and O–H groups in total. The first-order chi connectivity index (χ1) is 7.69. The standard InChI is InChI=1S/C10H20N6/c1-8-6-16(5-4-9(8)11-2)7-10-12-14-15(3)13-10/h8-9,11H,4-7H2,1-3H3. The van der Waals surface area contributed by atoms with Gasteiger partial charge in [0.1, 0.15) is 0 Å². The van der Waals surface area contributed by atoms with Crippen molar-refractivity contribution in [3.05, 3.63) is 5.82 Å². The van der Waals surface area contributed by atoms with Crippen molar-refractivity contribution in [1.82, 2.24) is 30.4 Å². The van der Waals surface area contributed by atoms with Crippen LogP contribution in [0.1, 0.15) is 19.2 Å². The second-order valence-electron chi connectivity index (χ2n) is 4.59. The summed E-state index contributed by atoms with van der Waals surface area (Å²) in [4.78, 5) is 3.91. The Bertz CT molecular complexity index is 336. The van der Waals surface area contributed by atoms with E-state index in [-0.39, 0.29) is 0 Å². The van der Waals surface area contributed by atoms with Crippen LogP contribution >= 0.6 is 0 Å². The fraction of sp³-hybridized carbons (Fsp3) is 0.900. The Labute approximate surface area is 96.0 Å². The number of aryl methyl sites for hydroxylation is 1. The van der Waals surface area contributed by atoms with Gasteiger partial charge in [0.2, 0.25) is 0 Å². The van der Waals surface area contributed by atoms with E-state index in [2.05, 4.69) is 32.6 Å². The van der Waals surface area contributed by atoms with E-state index in [4.69, 9.17) is 0 Å². The third-order valence-corrected chi connectivity index (χ3v) is 3.27. The second kappa shape index (κ2) is 4.88. The van der Waals surface area contributed by atoms with Gasteiger partial charge in [-0.05, 0) is 24.6 Å². The molecular formula is C10H20N6. The molecule has 1 saturated heterocycles. The van der Waals surface area contributed by atoms with Crippen molar-refractivity contribution in [3.8, 4) is 0 Å². The molecule has 0 amide bonds. The summed E-state index contributed by atoms with van der Waals surface area (Å²) in [6.45, 7) is 5.31. The lowest BCUT2D eigenvalue weighted by atomic mass is 9.94. The van der Waals surface area contributed by atoms with Crippen molar-refractivity contribution >= 4 is 0 Å². The Balaban J connectivity index is 1.88. The van der Waals surface area contributed by atoms with Gasteiger partial charge in [-0.25, -0.2) is 0 Å². The molecule has 2 heterocycles. The van der Waals surface area contributed by atoms with E-state index < -0.39 is 0 Å². The first kappa shape index (κ1) is 11.5. The molecule has 0 bridgehead atoms. The first-order valence-corrected chi connectivity index (χ1v) is 5.81. The van der Waals surface area contributed by atoms with Crippen molar-refractivity contribution < 1.29 is 0 Å². The Morgan fingerprint density at radius 1 is 1.50 bits per heavy atom. The van der Waals surface area contributed by atoms with E-state index >= 15 is 0 Å². The number of hydrogen-bond acceptors (Lipinski definition) is 5. The predicted octanol–water partition coefficient (Wildman–Crippen LogP) is -0.360. The molecule has 6 nitrogen and oxygen atoms in total.